The summed E-state index contributed by atoms with van der Waals surface area (Å²) in [4.78, 5) is -2.13. The lowest BCUT2D eigenvalue weighted by Gasteiger charge is -2.37. The van der Waals surface area contributed by atoms with Crippen molar-refractivity contribution in [2.75, 3.05) is 0 Å². The number of halogens is 6. The Bertz CT molecular complexity index is 481. The largest absolute Gasteiger partial charge is 0.166 e. The molecule has 4 aliphatic rings. The number of hydrogen-bond acceptors (Lipinski definition) is 0. The van der Waals surface area contributed by atoms with Gasteiger partial charge in [0, 0.05) is 0 Å². The van der Waals surface area contributed by atoms with Gasteiger partial charge in [-0.05, 0) is 30.1 Å². The quantitative estimate of drug-likeness (QED) is 0.312. The van der Waals surface area contributed by atoms with Crippen LogP contribution >= 0.6 is 69.6 Å². The number of alkyl halides is 4. The second-order valence-electron chi connectivity index (χ2n) is 5.63. The van der Waals surface area contributed by atoms with Crippen molar-refractivity contribution in [2.45, 2.75) is 20.5 Å². The third-order valence-electron chi connectivity index (χ3n) is 5.12. The summed E-state index contributed by atoms with van der Waals surface area (Å²) in [6, 6.07) is 0. The van der Waals surface area contributed by atoms with Gasteiger partial charge in [0.2, 0.25) is 0 Å². The first-order valence-corrected chi connectivity index (χ1v) is 8.05. The van der Waals surface area contributed by atoms with Crippen LogP contribution < -0.4 is 0 Å². The van der Waals surface area contributed by atoms with Crippen molar-refractivity contribution in [3.8, 4) is 0 Å². The van der Waals surface area contributed by atoms with Gasteiger partial charge in [0.25, 0.3) is 0 Å². The highest BCUT2D eigenvalue weighted by Crippen LogP contribution is 2.81. The summed E-state index contributed by atoms with van der Waals surface area (Å²) in [6.45, 7) is 0. The zero-order chi connectivity index (χ0) is 13.1. The van der Waals surface area contributed by atoms with Gasteiger partial charge in [-0.2, -0.15) is 0 Å². The summed E-state index contributed by atoms with van der Waals surface area (Å²) in [5, 5.41) is 0.654. The summed E-state index contributed by atoms with van der Waals surface area (Å²) in [5.74, 6) is 0.815. The molecule has 0 nitrogen and oxygen atoms in total. The first kappa shape index (κ1) is 12.9. The molecule has 0 aromatic heterocycles. The maximum Gasteiger partial charge on any atom is 0.166 e. The van der Waals surface area contributed by atoms with Crippen LogP contribution in [0.2, 0.25) is 0 Å². The van der Waals surface area contributed by atoms with Gasteiger partial charge >= 0.3 is 0 Å². The normalized spacial score (nSPS) is 58.8. The van der Waals surface area contributed by atoms with Crippen LogP contribution in [0, 0.1) is 23.7 Å². The SMILES string of the molecule is ClC1=C(Cl)[C@]2(Cl)[C@H]3[C@H]([C@@H]4C=C[C@H]3C4)[C@]1(Cl)C2(Cl)Cl. The van der Waals surface area contributed by atoms with E-state index in [1.807, 2.05) is 0 Å². The maximum atomic E-state index is 6.76. The van der Waals surface area contributed by atoms with E-state index in [4.69, 9.17) is 69.6 Å². The molecule has 4 rings (SSSR count). The molecule has 6 heteroatoms. The lowest BCUT2D eigenvalue weighted by molar-refractivity contribution is 0.305. The highest BCUT2D eigenvalue weighted by atomic mass is 35.5. The van der Waals surface area contributed by atoms with Crippen LogP contribution in [0.5, 0.6) is 0 Å². The molecule has 0 saturated heterocycles. The van der Waals surface area contributed by atoms with Gasteiger partial charge < -0.3 is 0 Å². The summed E-state index contributed by atoms with van der Waals surface area (Å²) in [6.07, 6.45) is 5.40. The minimum absolute atomic E-state index is 0.0664. The Labute approximate surface area is 135 Å². The summed E-state index contributed by atoms with van der Waals surface area (Å²) in [7, 11) is 0. The lowest BCUT2D eigenvalue weighted by atomic mass is 9.75. The highest BCUT2D eigenvalue weighted by molar-refractivity contribution is 6.65. The fraction of sp³-hybridized carbons (Fsp3) is 0.667. The molecule has 0 heterocycles. The van der Waals surface area contributed by atoms with E-state index in [-0.39, 0.29) is 11.8 Å². The summed E-state index contributed by atoms with van der Waals surface area (Å²) >= 11 is 39.2. The van der Waals surface area contributed by atoms with Crippen molar-refractivity contribution in [1.82, 2.24) is 0 Å². The standard InChI is InChI=1S/C12H8Cl6/c13-8-9(14)11(16)7-5-2-1-4(3-5)6(7)10(8,15)12(11,17)18/h1-2,4-7H,3H2/t4-,5+,6+,7-,10-,11-/m1/s1. The molecular formula is C12H8Cl6. The van der Waals surface area contributed by atoms with E-state index < -0.39 is 14.1 Å². The zero-order valence-electron chi connectivity index (χ0n) is 8.94. The van der Waals surface area contributed by atoms with Crippen LogP contribution in [-0.4, -0.2) is 14.1 Å². The Hall–Kier alpha value is 1.22. The van der Waals surface area contributed by atoms with E-state index in [1.54, 1.807) is 0 Å². The predicted molar refractivity (Wildman–Crippen MR) is 78.1 cm³/mol. The van der Waals surface area contributed by atoms with Gasteiger partial charge in [-0.25, -0.2) is 0 Å². The molecule has 2 saturated carbocycles. The number of fused-ring (bicyclic) bond motifs is 9. The molecule has 0 spiro atoms. The van der Waals surface area contributed by atoms with E-state index in [0.29, 0.717) is 21.9 Å². The number of allylic oxidation sites excluding steroid dienone is 4. The van der Waals surface area contributed by atoms with Crippen LogP contribution in [0.25, 0.3) is 0 Å². The predicted octanol–water partition coefficient (Wildman–Crippen LogP) is 5.27. The van der Waals surface area contributed by atoms with Gasteiger partial charge in [-0.15, -0.1) is 23.2 Å². The minimum Gasteiger partial charge on any atom is -0.109 e. The molecule has 6 atom stereocenters. The Morgan fingerprint density at radius 3 is 1.61 bits per heavy atom. The van der Waals surface area contributed by atoms with Gasteiger partial charge in [-0.3, -0.25) is 0 Å². The Kier molecular flexibility index (Phi) is 2.40. The zero-order valence-corrected chi connectivity index (χ0v) is 13.5. The average molecular weight is 365 g/mol. The molecule has 0 aliphatic heterocycles. The smallest absolute Gasteiger partial charge is 0.109 e. The molecule has 0 N–H and O–H groups in total. The van der Waals surface area contributed by atoms with E-state index >= 15 is 0 Å². The fourth-order valence-corrected chi connectivity index (χ4v) is 7.61. The third kappa shape index (κ3) is 0.973. The third-order valence-corrected chi connectivity index (χ3v) is 9.42. The molecule has 98 valence electrons. The van der Waals surface area contributed by atoms with Crippen molar-refractivity contribution in [1.29, 1.82) is 0 Å². The van der Waals surface area contributed by atoms with Crippen molar-refractivity contribution >= 4 is 69.6 Å². The second kappa shape index (κ2) is 3.34. The number of rotatable bonds is 0. The van der Waals surface area contributed by atoms with Gasteiger partial charge in [0.1, 0.15) is 9.75 Å². The molecule has 4 aliphatic carbocycles. The van der Waals surface area contributed by atoms with Crippen LogP contribution in [0.15, 0.2) is 22.2 Å². The van der Waals surface area contributed by atoms with Crippen LogP contribution in [0.3, 0.4) is 0 Å². The Morgan fingerprint density at radius 1 is 0.833 bits per heavy atom. The molecule has 18 heavy (non-hydrogen) atoms. The van der Waals surface area contributed by atoms with Crippen molar-refractivity contribution in [3.63, 3.8) is 0 Å². The molecule has 0 amide bonds. The molecular weight excluding hydrogens is 357 g/mol. The van der Waals surface area contributed by atoms with Gasteiger partial charge in [-0.1, -0.05) is 58.6 Å². The Morgan fingerprint density at radius 2 is 1.22 bits per heavy atom. The molecule has 0 radical (unpaired) electrons. The molecule has 0 aromatic carbocycles. The molecule has 2 fully saturated rings. The van der Waals surface area contributed by atoms with Crippen LogP contribution in [0.4, 0.5) is 0 Å². The van der Waals surface area contributed by atoms with E-state index in [2.05, 4.69) is 12.2 Å². The average Bonchev–Trinajstić information content (AvgIpc) is 2.97. The second-order valence-corrected chi connectivity index (χ2v) is 8.90. The molecule has 0 aromatic rings. The van der Waals surface area contributed by atoms with Crippen molar-refractivity contribution < 1.29 is 0 Å². The topological polar surface area (TPSA) is 0 Å². The molecule has 4 bridgehead atoms. The van der Waals surface area contributed by atoms with Crippen molar-refractivity contribution in [2.24, 2.45) is 23.7 Å². The Balaban J connectivity index is 2.03. The minimum atomic E-state index is -1.37. The highest BCUT2D eigenvalue weighted by Gasteiger charge is 2.85. The van der Waals surface area contributed by atoms with E-state index in [1.165, 1.54) is 0 Å². The first-order chi connectivity index (χ1) is 8.28. The van der Waals surface area contributed by atoms with E-state index in [9.17, 15) is 0 Å². The lowest BCUT2D eigenvalue weighted by Crippen LogP contribution is -2.46. The van der Waals surface area contributed by atoms with E-state index in [0.717, 1.165) is 6.42 Å². The van der Waals surface area contributed by atoms with Crippen LogP contribution in [0.1, 0.15) is 6.42 Å². The van der Waals surface area contributed by atoms with Crippen LogP contribution in [-0.2, 0) is 0 Å². The molecule has 0 unspecified atom stereocenters. The fourth-order valence-electron chi connectivity index (χ4n) is 4.48. The first-order valence-electron chi connectivity index (χ1n) is 5.78. The summed E-state index contributed by atoms with van der Waals surface area (Å²) in [5.41, 5.74) is 0. The van der Waals surface area contributed by atoms with Crippen molar-refractivity contribution in [3.05, 3.63) is 22.2 Å². The number of hydrogen-bond donors (Lipinski definition) is 0. The van der Waals surface area contributed by atoms with Gasteiger partial charge in [0.05, 0.1) is 10.1 Å². The monoisotopic (exact) mass is 362 g/mol. The summed E-state index contributed by atoms with van der Waals surface area (Å²) < 4.78 is -1.37. The maximum absolute atomic E-state index is 6.76. The van der Waals surface area contributed by atoms with Gasteiger partial charge in [0.15, 0.2) is 4.33 Å².